The Morgan fingerprint density at radius 2 is 2.00 bits per heavy atom. The lowest BCUT2D eigenvalue weighted by Crippen LogP contribution is -2.37. The SMILES string of the molecule is Cc1cccc(C(=O)NC(=NC[C@H]2CCCO2)Nc2cccc(C)c2C)c1. The van der Waals surface area contributed by atoms with Crippen molar-refractivity contribution in [1.82, 2.24) is 5.32 Å². The van der Waals surface area contributed by atoms with E-state index in [1.165, 1.54) is 5.56 Å². The van der Waals surface area contributed by atoms with E-state index < -0.39 is 0 Å². The number of rotatable bonds is 4. The topological polar surface area (TPSA) is 62.7 Å². The predicted octanol–water partition coefficient (Wildman–Crippen LogP) is 3.99. The van der Waals surface area contributed by atoms with Crippen LogP contribution in [0.25, 0.3) is 0 Å². The minimum absolute atomic E-state index is 0.122. The van der Waals surface area contributed by atoms with Crippen LogP contribution < -0.4 is 10.6 Å². The van der Waals surface area contributed by atoms with Crippen LogP contribution >= 0.6 is 0 Å². The molecule has 1 aliphatic heterocycles. The molecule has 1 heterocycles. The van der Waals surface area contributed by atoms with Crippen molar-refractivity contribution in [3.05, 3.63) is 64.7 Å². The lowest BCUT2D eigenvalue weighted by molar-refractivity contribution is 0.0975. The van der Waals surface area contributed by atoms with Crippen LogP contribution in [0.2, 0.25) is 0 Å². The third-order valence-electron chi connectivity index (χ3n) is 4.85. The summed E-state index contributed by atoms with van der Waals surface area (Å²) in [6, 6.07) is 13.6. The molecule has 2 N–H and O–H groups in total. The van der Waals surface area contributed by atoms with Gasteiger partial charge in [-0.15, -0.1) is 0 Å². The summed E-state index contributed by atoms with van der Waals surface area (Å²) in [7, 11) is 0. The molecule has 1 saturated heterocycles. The molecule has 3 rings (SSSR count). The van der Waals surface area contributed by atoms with Gasteiger partial charge in [0.2, 0.25) is 5.96 Å². The van der Waals surface area contributed by atoms with E-state index in [0.29, 0.717) is 18.1 Å². The summed E-state index contributed by atoms with van der Waals surface area (Å²) in [6.45, 7) is 7.40. The number of anilines is 1. The van der Waals surface area contributed by atoms with Crippen molar-refractivity contribution in [2.24, 2.45) is 4.99 Å². The highest BCUT2D eigenvalue weighted by Crippen LogP contribution is 2.18. The van der Waals surface area contributed by atoms with Gasteiger partial charge in [-0.1, -0.05) is 29.8 Å². The molecule has 0 unspecified atom stereocenters. The Kier molecular flexibility index (Phi) is 6.24. The van der Waals surface area contributed by atoms with Gasteiger partial charge in [-0.05, 0) is 62.9 Å². The molecule has 0 spiro atoms. The predicted molar refractivity (Wildman–Crippen MR) is 109 cm³/mol. The molecular formula is C22H27N3O2. The summed E-state index contributed by atoms with van der Waals surface area (Å²) >= 11 is 0. The Hall–Kier alpha value is -2.66. The average Bonchev–Trinajstić information content (AvgIpc) is 3.17. The summed E-state index contributed by atoms with van der Waals surface area (Å²) in [4.78, 5) is 17.3. The lowest BCUT2D eigenvalue weighted by atomic mass is 10.1. The Morgan fingerprint density at radius 1 is 1.19 bits per heavy atom. The van der Waals surface area contributed by atoms with Crippen molar-refractivity contribution in [2.45, 2.75) is 39.7 Å². The second kappa shape index (κ2) is 8.82. The summed E-state index contributed by atoms with van der Waals surface area (Å²) < 4.78 is 5.65. The normalized spacial score (nSPS) is 17.0. The number of guanidine groups is 1. The maximum absolute atomic E-state index is 12.7. The molecule has 5 heteroatoms. The van der Waals surface area contributed by atoms with Crippen LogP contribution in [0, 0.1) is 20.8 Å². The van der Waals surface area contributed by atoms with Gasteiger partial charge in [0.25, 0.3) is 5.91 Å². The molecule has 2 aromatic carbocycles. The highest BCUT2D eigenvalue weighted by atomic mass is 16.5. The Bertz CT molecular complexity index is 839. The minimum Gasteiger partial charge on any atom is -0.376 e. The van der Waals surface area contributed by atoms with Crippen molar-refractivity contribution in [3.63, 3.8) is 0 Å². The third-order valence-corrected chi connectivity index (χ3v) is 4.85. The fraction of sp³-hybridized carbons (Fsp3) is 0.364. The van der Waals surface area contributed by atoms with Crippen molar-refractivity contribution < 1.29 is 9.53 Å². The second-order valence-electron chi connectivity index (χ2n) is 7.02. The standard InChI is InChI=1S/C22H27N3O2/c1-15-7-4-9-18(13-15)21(26)25-22(23-14-19-10-6-12-27-19)24-20-11-5-8-16(2)17(20)3/h4-5,7-9,11,13,19H,6,10,12,14H2,1-3H3,(H2,23,24,25,26)/t19-/m1/s1. The Balaban J connectivity index is 1.79. The van der Waals surface area contributed by atoms with Crippen LogP contribution in [0.15, 0.2) is 47.5 Å². The summed E-state index contributed by atoms with van der Waals surface area (Å²) in [5.41, 5.74) is 4.91. The first-order valence-corrected chi connectivity index (χ1v) is 9.40. The molecule has 0 aliphatic carbocycles. The zero-order chi connectivity index (χ0) is 19.2. The first-order valence-electron chi connectivity index (χ1n) is 9.40. The van der Waals surface area contributed by atoms with Crippen LogP contribution in [0.5, 0.6) is 0 Å². The molecule has 5 nitrogen and oxygen atoms in total. The first kappa shape index (κ1) is 19.1. The van der Waals surface area contributed by atoms with Gasteiger partial charge in [-0.3, -0.25) is 10.1 Å². The van der Waals surface area contributed by atoms with Gasteiger partial charge in [0.05, 0.1) is 12.6 Å². The van der Waals surface area contributed by atoms with Crippen molar-refractivity contribution in [3.8, 4) is 0 Å². The number of hydrogen-bond acceptors (Lipinski definition) is 3. The molecule has 2 aromatic rings. The van der Waals surface area contributed by atoms with Crippen molar-refractivity contribution in [2.75, 3.05) is 18.5 Å². The highest BCUT2D eigenvalue weighted by molar-refractivity contribution is 6.10. The minimum atomic E-state index is -0.178. The van der Waals surface area contributed by atoms with Gasteiger partial charge in [0.15, 0.2) is 0 Å². The fourth-order valence-electron chi connectivity index (χ4n) is 3.07. The fourth-order valence-corrected chi connectivity index (χ4v) is 3.07. The van der Waals surface area contributed by atoms with Gasteiger partial charge in [-0.2, -0.15) is 0 Å². The smallest absolute Gasteiger partial charge is 0.257 e. The zero-order valence-electron chi connectivity index (χ0n) is 16.2. The highest BCUT2D eigenvalue weighted by Gasteiger charge is 2.16. The molecule has 1 atom stereocenters. The van der Waals surface area contributed by atoms with Crippen LogP contribution in [0.3, 0.4) is 0 Å². The number of carbonyl (C=O) groups is 1. The van der Waals surface area contributed by atoms with E-state index in [0.717, 1.165) is 36.3 Å². The van der Waals surface area contributed by atoms with Gasteiger partial charge in [-0.25, -0.2) is 4.99 Å². The number of hydrogen-bond donors (Lipinski definition) is 2. The van der Waals surface area contributed by atoms with Crippen molar-refractivity contribution in [1.29, 1.82) is 0 Å². The number of aryl methyl sites for hydroxylation is 2. The van der Waals surface area contributed by atoms with E-state index in [2.05, 4.69) is 35.5 Å². The molecule has 0 aromatic heterocycles. The summed E-state index contributed by atoms with van der Waals surface area (Å²) in [6.07, 6.45) is 2.19. The maximum atomic E-state index is 12.7. The third kappa shape index (κ3) is 5.17. The van der Waals surface area contributed by atoms with Gasteiger partial charge in [0, 0.05) is 17.9 Å². The Labute approximate surface area is 160 Å². The molecule has 1 aliphatic rings. The molecule has 142 valence electrons. The maximum Gasteiger partial charge on any atom is 0.257 e. The van der Waals surface area contributed by atoms with E-state index in [1.807, 2.05) is 37.3 Å². The molecule has 1 fully saturated rings. The van der Waals surface area contributed by atoms with E-state index in [1.54, 1.807) is 6.07 Å². The van der Waals surface area contributed by atoms with E-state index >= 15 is 0 Å². The number of nitrogens with one attached hydrogen (secondary N) is 2. The quantitative estimate of drug-likeness (QED) is 0.636. The first-order chi connectivity index (χ1) is 13.0. The second-order valence-corrected chi connectivity index (χ2v) is 7.02. The molecule has 0 bridgehead atoms. The number of aliphatic imine (C=N–C) groups is 1. The van der Waals surface area contributed by atoms with E-state index in [4.69, 9.17) is 4.74 Å². The number of nitrogens with zero attached hydrogens (tertiary/aromatic N) is 1. The molecule has 0 saturated carbocycles. The van der Waals surface area contributed by atoms with Gasteiger partial charge >= 0.3 is 0 Å². The number of ether oxygens (including phenoxy) is 1. The van der Waals surface area contributed by atoms with Crippen molar-refractivity contribution >= 4 is 17.6 Å². The molecule has 1 amide bonds. The number of benzene rings is 2. The Morgan fingerprint density at radius 3 is 2.74 bits per heavy atom. The molecular weight excluding hydrogens is 338 g/mol. The van der Waals surface area contributed by atoms with Crippen LogP contribution in [-0.2, 0) is 4.74 Å². The number of carbonyl (C=O) groups excluding carboxylic acids is 1. The van der Waals surface area contributed by atoms with Gasteiger partial charge < -0.3 is 10.1 Å². The largest absolute Gasteiger partial charge is 0.376 e. The summed E-state index contributed by atoms with van der Waals surface area (Å²) in [5, 5.41) is 6.21. The lowest BCUT2D eigenvalue weighted by Gasteiger charge is -2.16. The van der Waals surface area contributed by atoms with E-state index in [9.17, 15) is 4.79 Å². The van der Waals surface area contributed by atoms with Crippen LogP contribution in [0.1, 0.15) is 39.9 Å². The zero-order valence-corrected chi connectivity index (χ0v) is 16.2. The van der Waals surface area contributed by atoms with Crippen LogP contribution in [0.4, 0.5) is 5.69 Å². The summed E-state index contributed by atoms with van der Waals surface area (Å²) in [5.74, 6) is 0.272. The monoisotopic (exact) mass is 365 g/mol. The average molecular weight is 365 g/mol. The molecule has 0 radical (unpaired) electrons. The van der Waals surface area contributed by atoms with Gasteiger partial charge in [0.1, 0.15) is 0 Å². The van der Waals surface area contributed by atoms with Crippen LogP contribution in [-0.4, -0.2) is 31.1 Å². The number of amides is 1. The van der Waals surface area contributed by atoms with E-state index in [-0.39, 0.29) is 12.0 Å². The molecule has 27 heavy (non-hydrogen) atoms.